The van der Waals surface area contributed by atoms with Crippen molar-refractivity contribution in [2.24, 2.45) is 5.73 Å². The molecule has 0 aliphatic carbocycles. The van der Waals surface area contributed by atoms with Gasteiger partial charge in [0.1, 0.15) is 23.8 Å². The van der Waals surface area contributed by atoms with E-state index >= 15 is 0 Å². The van der Waals surface area contributed by atoms with E-state index in [-0.39, 0.29) is 11.3 Å². The molecule has 0 bridgehead atoms. The second-order valence-corrected chi connectivity index (χ2v) is 7.73. The second kappa shape index (κ2) is 7.11. The van der Waals surface area contributed by atoms with Crippen LogP contribution in [0, 0.1) is 6.92 Å². The van der Waals surface area contributed by atoms with Crippen LogP contribution in [-0.2, 0) is 18.4 Å². The lowest BCUT2D eigenvalue weighted by molar-refractivity contribution is 0.0727. The molecule has 0 spiro atoms. The summed E-state index contributed by atoms with van der Waals surface area (Å²) in [6, 6.07) is 5.54. The lowest BCUT2D eigenvalue weighted by atomic mass is 9.97. The molecule has 140 valence electrons. The maximum absolute atomic E-state index is 12.9. The Morgan fingerprint density at radius 1 is 1.38 bits per heavy atom. The van der Waals surface area contributed by atoms with Crippen LogP contribution in [0.2, 0.25) is 0 Å². The van der Waals surface area contributed by atoms with E-state index in [1.54, 1.807) is 6.07 Å². The summed E-state index contributed by atoms with van der Waals surface area (Å²) in [4.78, 5) is 19.4. The summed E-state index contributed by atoms with van der Waals surface area (Å²) in [5.41, 5.74) is 7.83. The van der Waals surface area contributed by atoms with Crippen LogP contribution in [0.1, 0.15) is 54.0 Å². The predicted molar refractivity (Wildman–Crippen MR) is 99.4 cm³/mol. The smallest absolute Gasteiger partial charge is 0.254 e. The van der Waals surface area contributed by atoms with Crippen molar-refractivity contribution in [3.63, 3.8) is 0 Å². The minimum atomic E-state index is -0.141. The molecule has 3 rings (SSSR count). The first-order valence-corrected chi connectivity index (χ1v) is 9.01. The molecule has 6 nitrogen and oxygen atoms in total. The molecule has 26 heavy (non-hydrogen) atoms. The summed E-state index contributed by atoms with van der Waals surface area (Å²) >= 11 is 0. The molecule has 1 aromatic heterocycles. The molecule has 2 heterocycles. The van der Waals surface area contributed by atoms with Crippen molar-refractivity contribution in [1.29, 1.82) is 0 Å². The fourth-order valence-electron chi connectivity index (χ4n) is 2.93. The number of hydrogen-bond donors (Lipinski definition) is 1. The van der Waals surface area contributed by atoms with Crippen molar-refractivity contribution in [2.75, 3.05) is 19.7 Å². The number of benzene rings is 1. The van der Waals surface area contributed by atoms with Gasteiger partial charge in [0.15, 0.2) is 5.89 Å². The van der Waals surface area contributed by atoms with E-state index in [2.05, 4.69) is 25.8 Å². The molecule has 0 fully saturated rings. The molecule has 0 saturated carbocycles. The van der Waals surface area contributed by atoms with Gasteiger partial charge in [-0.1, -0.05) is 26.8 Å². The number of ether oxygens (including phenoxy) is 1. The van der Waals surface area contributed by atoms with Gasteiger partial charge in [-0.25, -0.2) is 4.98 Å². The lowest BCUT2D eigenvalue weighted by Crippen LogP contribution is -2.35. The van der Waals surface area contributed by atoms with Crippen molar-refractivity contribution in [3.05, 3.63) is 46.7 Å². The van der Waals surface area contributed by atoms with Gasteiger partial charge >= 0.3 is 0 Å². The zero-order valence-electron chi connectivity index (χ0n) is 16.0. The van der Waals surface area contributed by atoms with Crippen molar-refractivity contribution in [1.82, 2.24) is 9.88 Å². The predicted octanol–water partition coefficient (Wildman–Crippen LogP) is 2.82. The summed E-state index contributed by atoms with van der Waals surface area (Å²) in [6.45, 7) is 10.1. The Balaban J connectivity index is 1.78. The van der Waals surface area contributed by atoms with Crippen LogP contribution < -0.4 is 10.5 Å². The van der Waals surface area contributed by atoms with Gasteiger partial charge in [-0.05, 0) is 24.6 Å². The average Bonchev–Trinajstić information content (AvgIpc) is 3.04. The first-order chi connectivity index (χ1) is 12.3. The minimum absolute atomic E-state index is 0.0199. The zero-order valence-corrected chi connectivity index (χ0v) is 16.0. The number of amides is 1. The summed E-state index contributed by atoms with van der Waals surface area (Å²) in [5.74, 6) is 2.31. The number of aromatic nitrogens is 1. The van der Waals surface area contributed by atoms with Crippen molar-refractivity contribution < 1.29 is 13.9 Å². The van der Waals surface area contributed by atoms with E-state index < -0.39 is 0 Å². The van der Waals surface area contributed by atoms with Gasteiger partial charge in [0.2, 0.25) is 0 Å². The molecule has 2 N–H and O–H groups in total. The molecule has 1 amide bonds. The van der Waals surface area contributed by atoms with E-state index in [1.807, 2.05) is 24.0 Å². The third-order valence-electron chi connectivity index (χ3n) is 4.47. The highest BCUT2D eigenvalue weighted by Gasteiger charge is 2.29. The van der Waals surface area contributed by atoms with E-state index in [4.69, 9.17) is 14.9 Å². The number of rotatable bonds is 4. The first kappa shape index (κ1) is 18.5. The molecule has 6 heteroatoms. The molecule has 0 unspecified atom stereocenters. The molecule has 0 radical (unpaired) electrons. The van der Waals surface area contributed by atoms with E-state index in [0.717, 1.165) is 22.9 Å². The Morgan fingerprint density at radius 3 is 2.85 bits per heavy atom. The third kappa shape index (κ3) is 3.75. The zero-order chi connectivity index (χ0) is 18.9. The molecular weight excluding hydrogens is 330 g/mol. The Bertz CT molecular complexity index is 805. The van der Waals surface area contributed by atoms with Crippen molar-refractivity contribution in [2.45, 2.75) is 46.1 Å². The first-order valence-electron chi connectivity index (χ1n) is 9.01. The van der Waals surface area contributed by atoms with Gasteiger partial charge < -0.3 is 19.8 Å². The molecule has 2 aromatic rings. The molecular formula is C20H27N3O3. The quantitative estimate of drug-likeness (QED) is 0.910. The Morgan fingerprint density at radius 2 is 2.15 bits per heavy atom. The Labute approximate surface area is 154 Å². The normalized spacial score (nSPS) is 14.3. The number of aryl methyl sites for hydroxylation is 1. The number of carbonyl (C=O) groups is 1. The van der Waals surface area contributed by atoms with Crippen LogP contribution in [0.15, 0.2) is 22.6 Å². The topological polar surface area (TPSA) is 81.6 Å². The summed E-state index contributed by atoms with van der Waals surface area (Å²) < 4.78 is 11.5. The van der Waals surface area contributed by atoms with Gasteiger partial charge in [0.05, 0.1) is 6.54 Å². The molecule has 0 saturated heterocycles. The molecule has 1 aliphatic rings. The van der Waals surface area contributed by atoms with Gasteiger partial charge in [0.25, 0.3) is 5.91 Å². The standard InChI is InChI=1S/C20H27N3O3/c1-13-5-6-14(11-17(13)25-10-8-21)18(24)23-9-7-16-15(12-23)22-19(26-16)20(2,3)4/h5-6,11H,7-10,12,21H2,1-4H3. The fraction of sp³-hybridized carbons (Fsp3) is 0.500. The summed E-state index contributed by atoms with van der Waals surface area (Å²) in [6.07, 6.45) is 0.687. The van der Waals surface area contributed by atoms with E-state index in [0.29, 0.717) is 44.0 Å². The van der Waals surface area contributed by atoms with Gasteiger partial charge in [-0.15, -0.1) is 0 Å². The second-order valence-electron chi connectivity index (χ2n) is 7.73. The number of fused-ring (bicyclic) bond motifs is 1. The van der Waals surface area contributed by atoms with E-state index in [9.17, 15) is 4.79 Å². The van der Waals surface area contributed by atoms with Crippen LogP contribution in [0.3, 0.4) is 0 Å². The van der Waals surface area contributed by atoms with Gasteiger partial charge in [-0.3, -0.25) is 4.79 Å². The van der Waals surface area contributed by atoms with Crippen molar-refractivity contribution in [3.8, 4) is 5.75 Å². The van der Waals surface area contributed by atoms with Crippen LogP contribution >= 0.6 is 0 Å². The highest BCUT2D eigenvalue weighted by molar-refractivity contribution is 5.94. The molecule has 0 atom stereocenters. The van der Waals surface area contributed by atoms with Gasteiger partial charge in [-0.2, -0.15) is 0 Å². The van der Waals surface area contributed by atoms with Crippen molar-refractivity contribution >= 4 is 5.91 Å². The number of carbonyl (C=O) groups excluding carboxylic acids is 1. The molecule has 1 aromatic carbocycles. The van der Waals surface area contributed by atoms with E-state index in [1.165, 1.54) is 0 Å². The van der Waals surface area contributed by atoms with Gasteiger partial charge in [0, 0.05) is 30.5 Å². The van der Waals surface area contributed by atoms with Crippen LogP contribution in [0.25, 0.3) is 0 Å². The maximum atomic E-state index is 12.9. The number of hydrogen-bond acceptors (Lipinski definition) is 5. The highest BCUT2D eigenvalue weighted by Crippen LogP contribution is 2.28. The monoisotopic (exact) mass is 357 g/mol. The van der Waals surface area contributed by atoms with Crippen LogP contribution in [-0.4, -0.2) is 35.5 Å². The SMILES string of the molecule is Cc1ccc(C(=O)N2CCc3oc(C(C)(C)C)nc3C2)cc1OCCN. The number of nitrogens with two attached hydrogens (primary N) is 1. The largest absolute Gasteiger partial charge is 0.492 e. The summed E-state index contributed by atoms with van der Waals surface area (Å²) in [5, 5.41) is 0. The Kier molecular flexibility index (Phi) is 5.05. The highest BCUT2D eigenvalue weighted by atomic mass is 16.5. The van der Waals surface area contributed by atoms with Crippen LogP contribution in [0.5, 0.6) is 5.75 Å². The van der Waals surface area contributed by atoms with Crippen LogP contribution in [0.4, 0.5) is 0 Å². The summed E-state index contributed by atoms with van der Waals surface area (Å²) in [7, 11) is 0. The number of nitrogens with zero attached hydrogens (tertiary/aromatic N) is 2. The minimum Gasteiger partial charge on any atom is -0.492 e. The fourth-order valence-corrected chi connectivity index (χ4v) is 2.93. The lowest BCUT2D eigenvalue weighted by Gasteiger charge is -2.25. The third-order valence-corrected chi connectivity index (χ3v) is 4.47. The Hall–Kier alpha value is -2.34. The molecule has 1 aliphatic heterocycles. The average molecular weight is 357 g/mol. The number of oxazole rings is 1. The maximum Gasteiger partial charge on any atom is 0.254 e.